The van der Waals surface area contributed by atoms with Crippen molar-refractivity contribution in [2.45, 2.75) is 45.6 Å². The van der Waals surface area contributed by atoms with Crippen LogP contribution in [-0.2, 0) is 11.3 Å². The van der Waals surface area contributed by atoms with Crippen LogP contribution in [0.15, 0.2) is 41.0 Å². The van der Waals surface area contributed by atoms with Gasteiger partial charge in [0.25, 0.3) is 0 Å². The number of furan rings is 1. The van der Waals surface area contributed by atoms with E-state index >= 15 is 0 Å². The zero-order valence-electron chi connectivity index (χ0n) is 14.6. The SMILES string of the molecule is Cc1cc(F)ccc1N(Cc1ccco1)C(=O)C[C@H]1C[C@H]2CC[C@H]1C2. The van der Waals surface area contributed by atoms with Crippen LogP contribution in [0.3, 0.4) is 0 Å². The summed E-state index contributed by atoms with van der Waals surface area (Å²) in [6, 6.07) is 8.30. The van der Waals surface area contributed by atoms with Crippen molar-refractivity contribution in [3.8, 4) is 0 Å². The van der Waals surface area contributed by atoms with Gasteiger partial charge in [0, 0.05) is 12.1 Å². The number of amides is 1. The van der Waals surface area contributed by atoms with E-state index < -0.39 is 0 Å². The number of halogens is 1. The number of nitrogens with zero attached hydrogens (tertiary/aromatic N) is 1. The number of hydrogen-bond donors (Lipinski definition) is 0. The van der Waals surface area contributed by atoms with Gasteiger partial charge in [0.15, 0.2) is 0 Å². The van der Waals surface area contributed by atoms with E-state index in [4.69, 9.17) is 4.42 Å². The van der Waals surface area contributed by atoms with E-state index in [1.54, 1.807) is 17.2 Å². The summed E-state index contributed by atoms with van der Waals surface area (Å²) in [6.07, 6.45) is 7.29. The molecule has 3 nitrogen and oxygen atoms in total. The highest BCUT2D eigenvalue weighted by molar-refractivity contribution is 5.94. The first-order chi connectivity index (χ1) is 12.1. The third-order valence-electron chi connectivity index (χ3n) is 5.97. The lowest BCUT2D eigenvalue weighted by Crippen LogP contribution is -2.33. The summed E-state index contributed by atoms with van der Waals surface area (Å²) >= 11 is 0. The van der Waals surface area contributed by atoms with Crippen molar-refractivity contribution < 1.29 is 13.6 Å². The predicted octanol–water partition coefficient (Wildman–Crippen LogP) is 5.09. The number of carbonyl (C=O) groups is 1. The molecule has 2 aliphatic rings. The number of aryl methyl sites for hydroxylation is 1. The molecule has 0 spiro atoms. The minimum atomic E-state index is -0.278. The van der Waals surface area contributed by atoms with Gasteiger partial charge in [0.1, 0.15) is 11.6 Å². The van der Waals surface area contributed by atoms with Crippen molar-refractivity contribution >= 4 is 11.6 Å². The van der Waals surface area contributed by atoms with Crippen molar-refractivity contribution in [3.63, 3.8) is 0 Å². The Kier molecular flexibility index (Phi) is 4.36. The van der Waals surface area contributed by atoms with Gasteiger partial charge < -0.3 is 9.32 Å². The van der Waals surface area contributed by atoms with E-state index in [0.717, 1.165) is 22.9 Å². The Bertz CT molecular complexity index is 755. The second-order valence-corrected chi connectivity index (χ2v) is 7.63. The molecule has 1 aromatic carbocycles. The van der Waals surface area contributed by atoms with E-state index in [9.17, 15) is 9.18 Å². The summed E-state index contributed by atoms with van der Waals surface area (Å²) in [5.74, 6) is 2.63. The molecule has 2 aromatic rings. The maximum absolute atomic E-state index is 13.5. The third kappa shape index (κ3) is 3.35. The topological polar surface area (TPSA) is 33.5 Å². The Morgan fingerprint density at radius 2 is 2.16 bits per heavy atom. The van der Waals surface area contributed by atoms with E-state index in [1.807, 2.05) is 19.1 Å². The highest BCUT2D eigenvalue weighted by Crippen LogP contribution is 2.49. The summed E-state index contributed by atoms with van der Waals surface area (Å²) in [5, 5.41) is 0. The molecule has 25 heavy (non-hydrogen) atoms. The lowest BCUT2D eigenvalue weighted by Gasteiger charge is -2.27. The molecule has 132 valence electrons. The molecular weight excluding hydrogens is 317 g/mol. The second-order valence-electron chi connectivity index (χ2n) is 7.63. The van der Waals surface area contributed by atoms with Crippen molar-refractivity contribution in [3.05, 3.63) is 53.7 Å². The van der Waals surface area contributed by atoms with Gasteiger partial charge in [-0.15, -0.1) is 0 Å². The number of carbonyl (C=O) groups excluding carboxylic acids is 1. The van der Waals surface area contributed by atoms with Gasteiger partial charge in [-0.2, -0.15) is 0 Å². The average Bonchev–Trinajstić information content (AvgIpc) is 3.31. The minimum Gasteiger partial charge on any atom is -0.467 e. The van der Waals surface area contributed by atoms with Crippen LogP contribution in [0.5, 0.6) is 0 Å². The van der Waals surface area contributed by atoms with Crippen LogP contribution in [0.25, 0.3) is 0 Å². The molecule has 1 aromatic heterocycles. The molecule has 2 saturated carbocycles. The molecule has 2 bridgehead atoms. The number of hydrogen-bond acceptors (Lipinski definition) is 2. The Balaban J connectivity index is 1.57. The zero-order chi connectivity index (χ0) is 17.4. The highest BCUT2D eigenvalue weighted by atomic mass is 19.1. The van der Waals surface area contributed by atoms with E-state index in [-0.39, 0.29) is 11.7 Å². The van der Waals surface area contributed by atoms with Crippen LogP contribution in [-0.4, -0.2) is 5.91 Å². The third-order valence-corrected chi connectivity index (χ3v) is 5.97. The molecule has 1 heterocycles. The number of anilines is 1. The van der Waals surface area contributed by atoms with Crippen LogP contribution in [0, 0.1) is 30.5 Å². The normalized spacial score (nSPS) is 24.6. The van der Waals surface area contributed by atoms with Crippen molar-refractivity contribution in [1.82, 2.24) is 0 Å². The van der Waals surface area contributed by atoms with Crippen LogP contribution in [0.4, 0.5) is 10.1 Å². The van der Waals surface area contributed by atoms with E-state index in [0.29, 0.717) is 24.8 Å². The first-order valence-corrected chi connectivity index (χ1v) is 9.19. The van der Waals surface area contributed by atoms with Gasteiger partial charge in [0.05, 0.1) is 12.8 Å². The Morgan fingerprint density at radius 3 is 2.80 bits per heavy atom. The van der Waals surface area contributed by atoms with Crippen molar-refractivity contribution in [2.75, 3.05) is 4.90 Å². The molecule has 4 heteroatoms. The predicted molar refractivity (Wildman–Crippen MR) is 94.6 cm³/mol. The maximum Gasteiger partial charge on any atom is 0.227 e. The van der Waals surface area contributed by atoms with Crippen molar-refractivity contribution in [2.24, 2.45) is 17.8 Å². The molecule has 1 amide bonds. The summed E-state index contributed by atoms with van der Waals surface area (Å²) < 4.78 is 18.9. The Hall–Kier alpha value is -2.10. The fraction of sp³-hybridized carbons (Fsp3) is 0.476. The summed E-state index contributed by atoms with van der Waals surface area (Å²) in [4.78, 5) is 14.9. The van der Waals surface area contributed by atoms with Crippen LogP contribution < -0.4 is 4.90 Å². The fourth-order valence-corrected chi connectivity index (χ4v) is 4.75. The lowest BCUT2D eigenvalue weighted by molar-refractivity contribution is -0.120. The second kappa shape index (κ2) is 6.66. The Labute approximate surface area is 147 Å². The zero-order valence-corrected chi connectivity index (χ0v) is 14.6. The van der Waals surface area contributed by atoms with Crippen LogP contribution >= 0.6 is 0 Å². The monoisotopic (exact) mass is 341 g/mol. The lowest BCUT2D eigenvalue weighted by atomic mass is 9.86. The van der Waals surface area contributed by atoms with Crippen LogP contribution in [0.1, 0.15) is 43.4 Å². The molecule has 0 radical (unpaired) electrons. The van der Waals surface area contributed by atoms with Gasteiger partial charge in [-0.05, 0) is 79.8 Å². The summed E-state index contributed by atoms with van der Waals surface area (Å²) in [6.45, 7) is 2.23. The maximum atomic E-state index is 13.5. The number of rotatable bonds is 5. The molecule has 3 atom stereocenters. The van der Waals surface area contributed by atoms with Gasteiger partial charge in [-0.25, -0.2) is 4.39 Å². The molecule has 0 unspecified atom stereocenters. The van der Waals surface area contributed by atoms with Crippen molar-refractivity contribution in [1.29, 1.82) is 0 Å². The summed E-state index contributed by atoms with van der Waals surface area (Å²) in [5.41, 5.74) is 1.54. The minimum absolute atomic E-state index is 0.114. The molecule has 2 aliphatic carbocycles. The first kappa shape index (κ1) is 16.4. The van der Waals surface area contributed by atoms with Crippen LogP contribution in [0.2, 0.25) is 0 Å². The molecule has 0 saturated heterocycles. The molecule has 4 rings (SSSR count). The standard InChI is InChI=1S/C21H24FNO2/c1-14-9-18(22)6-7-20(14)23(13-19-3-2-8-25-19)21(24)12-17-11-15-4-5-16(17)10-15/h2-3,6-9,15-17H,4-5,10-13H2,1H3/t15-,16-,17+/m0/s1. The molecular formula is C21H24FNO2. The molecule has 0 aliphatic heterocycles. The van der Waals surface area contributed by atoms with E-state index in [2.05, 4.69) is 0 Å². The largest absolute Gasteiger partial charge is 0.467 e. The summed E-state index contributed by atoms with van der Waals surface area (Å²) in [7, 11) is 0. The van der Waals surface area contributed by atoms with Gasteiger partial charge in [-0.3, -0.25) is 4.79 Å². The molecule has 2 fully saturated rings. The Morgan fingerprint density at radius 1 is 1.28 bits per heavy atom. The van der Waals surface area contributed by atoms with E-state index in [1.165, 1.54) is 37.8 Å². The number of benzene rings is 1. The van der Waals surface area contributed by atoms with Gasteiger partial charge >= 0.3 is 0 Å². The van der Waals surface area contributed by atoms with Gasteiger partial charge in [-0.1, -0.05) is 6.42 Å². The average molecular weight is 341 g/mol. The highest BCUT2D eigenvalue weighted by Gasteiger charge is 2.40. The number of fused-ring (bicyclic) bond motifs is 2. The van der Waals surface area contributed by atoms with Gasteiger partial charge in [0.2, 0.25) is 5.91 Å². The fourth-order valence-electron chi connectivity index (χ4n) is 4.75. The smallest absolute Gasteiger partial charge is 0.227 e. The quantitative estimate of drug-likeness (QED) is 0.759. The first-order valence-electron chi connectivity index (χ1n) is 9.19. The molecule has 0 N–H and O–H groups in total.